The molecule has 0 spiro atoms. The second kappa shape index (κ2) is 4.82. The molecule has 2 saturated carbocycles. The molecule has 0 radical (unpaired) electrons. The van der Waals surface area contributed by atoms with Crippen LogP contribution in [0.3, 0.4) is 0 Å². The lowest BCUT2D eigenvalue weighted by atomic mass is 9.99. The van der Waals surface area contributed by atoms with Crippen LogP contribution in [-0.2, 0) is 14.3 Å². The van der Waals surface area contributed by atoms with Gasteiger partial charge < -0.3 is 14.4 Å². The van der Waals surface area contributed by atoms with Gasteiger partial charge in [0.05, 0.1) is 24.9 Å². The number of amides is 1. The van der Waals surface area contributed by atoms with E-state index in [1.165, 1.54) is 31.3 Å². The highest BCUT2D eigenvalue weighted by Crippen LogP contribution is 2.48. The van der Waals surface area contributed by atoms with Gasteiger partial charge in [-0.05, 0) is 51.4 Å². The van der Waals surface area contributed by atoms with Gasteiger partial charge in [0.15, 0.2) is 0 Å². The maximum Gasteiger partial charge on any atom is 0.247 e. The third kappa shape index (κ3) is 2.76. The first-order chi connectivity index (χ1) is 10.0. The molecule has 4 heteroatoms. The number of ether oxygens (including phenoxy) is 2. The van der Waals surface area contributed by atoms with E-state index >= 15 is 0 Å². The molecule has 0 aromatic heterocycles. The second-order valence-corrected chi connectivity index (χ2v) is 7.68. The minimum Gasteiger partial charge on any atom is -0.376 e. The molecule has 4 aliphatic rings. The summed E-state index contributed by atoms with van der Waals surface area (Å²) >= 11 is 0. The zero-order valence-corrected chi connectivity index (χ0v) is 13.0. The molecule has 2 aliphatic carbocycles. The van der Waals surface area contributed by atoms with E-state index in [9.17, 15) is 4.79 Å². The van der Waals surface area contributed by atoms with Gasteiger partial charge in [0, 0.05) is 12.6 Å². The fraction of sp³-hybridized carbons (Fsp3) is 0.824. The van der Waals surface area contributed by atoms with Gasteiger partial charge in [0.2, 0.25) is 5.91 Å². The van der Waals surface area contributed by atoms with E-state index in [0.717, 1.165) is 0 Å². The minimum absolute atomic E-state index is 0.0383. The van der Waals surface area contributed by atoms with Gasteiger partial charge in [-0.3, -0.25) is 4.79 Å². The summed E-state index contributed by atoms with van der Waals surface area (Å²) in [5.41, 5.74) is 1.15. The van der Waals surface area contributed by atoms with Crippen LogP contribution in [0.2, 0.25) is 0 Å². The molecule has 2 saturated heterocycles. The quantitative estimate of drug-likeness (QED) is 0.748. The SMILES string of the molecule is CC1(C)CN(C(=O)C=C(C2CC2)C2CC2)[C@@H]2COC[C@H]2O1. The van der Waals surface area contributed by atoms with Crippen molar-refractivity contribution >= 4 is 5.91 Å². The average molecular weight is 291 g/mol. The lowest BCUT2D eigenvalue weighted by molar-refractivity contribution is -0.165. The molecule has 2 heterocycles. The molecule has 0 aromatic rings. The Bertz CT molecular complexity index is 462. The van der Waals surface area contributed by atoms with Crippen molar-refractivity contribution in [3.8, 4) is 0 Å². The predicted molar refractivity (Wildman–Crippen MR) is 78.8 cm³/mol. The number of fused-ring (bicyclic) bond motifs is 1. The maximum atomic E-state index is 12.8. The molecule has 4 nitrogen and oxygen atoms in total. The van der Waals surface area contributed by atoms with Gasteiger partial charge in [0.25, 0.3) is 0 Å². The molecule has 4 fully saturated rings. The van der Waals surface area contributed by atoms with Crippen LogP contribution in [-0.4, -0.2) is 48.3 Å². The number of morpholine rings is 1. The smallest absolute Gasteiger partial charge is 0.247 e. The molecule has 0 N–H and O–H groups in total. The number of hydrogen-bond acceptors (Lipinski definition) is 3. The van der Waals surface area contributed by atoms with Crippen molar-refractivity contribution in [1.29, 1.82) is 0 Å². The van der Waals surface area contributed by atoms with Crippen LogP contribution >= 0.6 is 0 Å². The van der Waals surface area contributed by atoms with Gasteiger partial charge in [-0.15, -0.1) is 0 Å². The van der Waals surface area contributed by atoms with E-state index in [-0.39, 0.29) is 23.7 Å². The number of carbonyl (C=O) groups excluding carboxylic acids is 1. The Morgan fingerprint density at radius 2 is 1.81 bits per heavy atom. The molecule has 0 unspecified atom stereocenters. The average Bonchev–Trinajstić information content (AvgIpc) is 3.32. The van der Waals surface area contributed by atoms with Crippen LogP contribution < -0.4 is 0 Å². The topological polar surface area (TPSA) is 38.8 Å². The van der Waals surface area contributed by atoms with Crippen LogP contribution in [0.4, 0.5) is 0 Å². The Kier molecular flexibility index (Phi) is 3.16. The first-order valence-electron chi connectivity index (χ1n) is 8.31. The van der Waals surface area contributed by atoms with E-state index < -0.39 is 0 Å². The first-order valence-corrected chi connectivity index (χ1v) is 8.31. The molecule has 2 aliphatic heterocycles. The van der Waals surface area contributed by atoms with E-state index in [2.05, 4.69) is 13.8 Å². The van der Waals surface area contributed by atoms with Crippen molar-refractivity contribution < 1.29 is 14.3 Å². The minimum atomic E-state index is -0.280. The van der Waals surface area contributed by atoms with Crippen LogP contribution in [0.1, 0.15) is 39.5 Å². The fourth-order valence-electron chi connectivity index (χ4n) is 3.77. The summed E-state index contributed by atoms with van der Waals surface area (Å²) in [6.45, 7) is 6.01. The van der Waals surface area contributed by atoms with Crippen molar-refractivity contribution in [1.82, 2.24) is 4.90 Å². The van der Waals surface area contributed by atoms with Crippen molar-refractivity contribution in [3.05, 3.63) is 11.6 Å². The third-order valence-corrected chi connectivity index (χ3v) is 5.09. The Labute approximate surface area is 126 Å². The van der Waals surface area contributed by atoms with E-state index in [1.54, 1.807) is 0 Å². The normalized spacial score (nSPS) is 34.5. The van der Waals surface area contributed by atoms with Crippen LogP contribution in [0.15, 0.2) is 11.6 Å². The highest BCUT2D eigenvalue weighted by Gasteiger charge is 2.46. The molecule has 2 atom stereocenters. The summed E-state index contributed by atoms with van der Waals surface area (Å²) in [5, 5.41) is 0. The summed E-state index contributed by atoms with van der Waals surface area (Å²) in [7, 11) is 0. The van der Waals surface area contributed by atoms with Crippen molar-refractivity contribution in [2.45, 2.75) is 57.3 Å². The van der Waals surface area contributed by atoms with Crippen molar-refractivity contribution in [3.63, 3.8) is 0 Å². The fourth-order valence-corrected chi connectivity index (χ4v) is 3.77. The largest absolute Gasteiger partial charge is 0.376 e. The number of rotatable bonds is 3. The number of hydrogen-bond donors (Lipinski definition) is 0. The Balaban J connectivity index is 1.55. The number of carbonyl (C=O) groups is 1. The van der Waals surface area contributed by atoms with E-state index in [0.29, 0.717) is 31.6 Å². The zero-order chi connectivity index (χ0) is 14.6. The van der Waals surface area contributed by atoms with E-state index in [1.807, 2.05) is 11.0 Å². The Morgan fingerprint density at radius 1 is 1.14 bits per heavy atom. The zero-order valence-electron chi connectivity index (χ0n) is 13.0. The second-order valence-electron chi connectivity index (χ2n) is 7.68. The highest BCUT2D eigenvalue weighted by molar-refractivity contribution is 5.89. The summed E-state index contributed by atoms with van der Waals surface area (Å²) in [6, 6.07) is 0.0985. The lowest BCUT2D eigenvalue weighted by Gasteiger charge is -2.44. The molecule has 21 heavy (non-hydrogen) atoms. The summed E-state index contributed by atoms with van der Waals surface area (Å²) in [5.74, 6) is 1.58. The molecule has 116 valence electrons. The van der Waals surface area contributed by atoms with Crippen LogP contribution in [0.5, 0.6) is 0 Å². The molecule has 1 amide bonds. The Morgan fingerprint density at radius 3 is 2.43 bits per heavy atom. The van der Waals surface area contributed by atoms with Gasteiger partial charge >= 0.3 is 0 Å². The Hall–Kier alpha value is -0.870. The third-order valence-electron chi connectivity index (χ3n) is 5.09. The molecule has 0 aromatic carbocycles. The van der Waals surface area contributed by atoms with Crippen LogP contribution in [0.25, 0.3) is 0 Å². The molecular weight excluding hydrogens is 266 g/mol. The molecule has 0 bridgehead atoms. The number of nitrogens with zero attached hydrogens (tertiary/aromatic N) is 1. The summed E-state index contributed by atoms with van der Waals surface area (Å²) in [4.78, 5) is 14.8. The van der Waals surface area contributed by atoms with E-state index in [4.69, 9.17) is 9.47 Å². The van der Waals surface area contributed by atoms with Crippen molar-refractivity contribution in [2.24, 2.45) is 11.8 Å². The number of allylic oxidation sites excluding steroid dienone is 1. The molecular formula is C17H25NO3. The molecule has 4 rings (SSSR count). The first kappa shape index (κ1) is 13.8. The van der Waals surface area contributed by atoms with Crippen molar-refractivity contribution in [2.75, 3.05) is 19.8 Å². The highest BCUT2D eigenvalue weighted by atomic mass is 16.6. The summed E-state index contributed by atoms with van der Waals surface area (Å²) < 4.78 is 11.6. The monoisotopic (exact) mass is 291 g/mol. The standard InChI is InChI=1S/C17H25NO3/c1-17(2)10-18(14-8-20-9-15(14)21-17)16(19)7-13(11-3-4-11)12-5-6-12/h7,11-12,14-15H,3-6,8-10H2,1-2H3/t14-,15-/m1/s1. The van der Waals surface area contributed by atoms with Gasteiger partial charge in [-0.2, -0.15) is 0 Å². The van der Waals surface area contributed by atoms with Gasteiger partial charge in [0.1, 0.15) is 6.10 Å². The van der Waals surface area contributed by atoms with Gasteiger partial charge in [-0.25, -0.2) is 0 Å². The van der Waals surface area contributed by atoms with Gasteiger partial charge in [-0.1, -0.05) is 5.57 Å². The summed E-state index contributed by atoms with van der Waals surface area (Å²) in [6.07, 6.45) is 7.11. The van der Waals surface area contributed by atoms with Crippen LogP contribution in [0, 0.1) is 11.8 Å². The predicted octanol–water partition coefficient (Wildman–Crippen LogP) is 2.14. The maximum absolute atomic E-state index is 12.8. The lowest BCUT2D eigenvalue weighted by Crippen LogP contribution is -2.59.